The fourth-order valence-corrected chi connectivity index (χ4v) is 4.32. The van der Waals surface area contributed by atoms with Crippen molar-refractivity contribution in [3.63, 3.8) is 0 Å². The van der Waals surface area contributed by atoms with E-state index in [1.54, 1.807) is 0 Å². The molecule has 0 aliphatic rings. The Morgan fingerprint density at radius 3 is 1.41 bits per heavy atom. The van der Waals surface area contributed by atoms with Crippen LogP contribution in [0.5, 0.6) is 0 Å². The molecule has 22 heavy (non-hydrogen) atoms. The molecule has 0 aliphatic heterocycles. The molecule has 4 aromatic rings. The Kier molecular flexibility index (Phi) is 3.51. The summed E-state index contributed by atoms with van der Waals surface area (Å²) in [4.78, 5) is 2.69. The zero-order chi connectivity index (χ0) is 15.1. The summed E-state index contributed by atoms with van der Waals surface area (Å²) in [7, 11) is 0. The van der Waals surface area contributed by atoms with Gasteiger partial charge in [-0.05, 0) is 81.2 Å². The van der Waals surface area contributed by atoms with Gasteiger partial charge >= 0.3 is 0 Å². The van der Waals surface area contributed by atoms with Crippen LogP contribution in [0.2, 0.25) is 0 Å². The highest BCUT2D eigenvalue weighted by molar-refractivity contribution is 7.99. The predicted molar refractivity (Wildman–Crippen MR) is 103 cm³/mol. The summed E-state index contributed by atoms with van der Waals surface area (Å²) in [6.45, 7) is 0. The fraction of sp³-hybridized carbons (Fsp3) is 0.100. The topological polar surface area (TPSA) is 0 Å². The van der Waals surface area contributed by atoms with Gasteiger partial charge < -0.3 is 0 Å². The molecular formula is C20H16S2. The summed E-state index contributed by atoms with van der Waals surface area (Å²) < 4.78 is 0. The molecule has 0 bridgehead atoms. The van der Waals surface area contributed by atoms with Gasteiger partial charge in [-0.1, -0.05) is 24.3 Å². The van der Waals surface area contributed by atoms with Crippen molar-refractivity contribution < 1.29 is 0 Å². The standard InChI is InChI=1S/C20H16S2/c1-21-19-7-3-5-13-9-16-12-18-14(6-4-8-20(18)22-2)10-15(16)11-17(13)19/h3-12H,1-2H3. The molecule has 0 atom stereocenters. The fourth-order valence-electron chi connectivity index (χ4n) is 3.10. The Morgan fingerprint density at radius 2 is 1.00 bits per heavy atom. The van der Waals surface area contributed by atoms with E-state index in [9.17, 15) is 0 Å². The monoisotopic (exact) mass is 320 g/mol. The third-order valence-electron chi connectivity index (χ3n) is 4.19. The summed E-state index contributed by atoms with van der Waals surface area (Å²) in [6.07, 6.45) is 4.29. The van der Waals surface area contributed by atoms with Gasteiger partial charge in [0.2, 0.25) is 0 Å². The number of rotatable bonds is 2. The molecule has 108 valence electrons. The molecular weight excluding hydrogens is 304 g/mol. The van der Waals surface area contributed by atoms with Gasteiger partial charge in [0.1, 0.15) is 0 Å². The molecule has 4 rings (SSSR count). The van der Waals surface area contributed by atoms with Crippen LogP contribution in [0.1, 0.15) is 0 Å². The van der Waals surface area contributed by atoms with E-state index in [-0.39, 0.29) is 0 Å². The first-order valence-corrected chi connectivity index (χ1v) is 9.72. The van der Waals surface area contributed by atoms with Gasteiger partial charge in [0.05, 0.1) is 0 Å². The van der Waals surface area contributed by atoms with Crippen LogP contribution in [0.4, 0.5) is 0 Å². The lowest BCUT2D eigenvalue weighted by Crippen LogP contribution is -1.82. The molecule has 0 saturated carbocycles. The van der Waals surface area contributed by atoms with Crippen LogP contribution < -0.4 is 0 Å². The summed E-state index contributed by atoms with van der Waals surface area (Å²) >= 11 is 3.63. The molecule has 0 nitrogen and oxygen atoms in total. The Labute approximate surface area is 138 Å². The van der Waals surface area contributed by atoms with Crippen LogP contribution in [-0.4, -0.2) is 12.5 Å². The summed E-state index contributed by atoms with van der Waals surface area (Å²) in [5.41, 5.74) is 0. The Bertz CT molecular complexity index is 919. The predicted octanol–water partition coefficient (Wildman–Crippen LogP) is 6.59. The number of benzene rings is 4. The summed E-state index contributed by atoms with van der Waals surface area (Å²) in [6, 6.07) is 22.4. The van der Waals surface area contributed by atoms with Gasteiger partial charge in [-0.25, -0.2) is 0 Å². The highest BCUT2D eigenvalue weighted by Crippen LogP contribution is 2.34. The second kappa shape index (κ2) is 5.53. The maximum atomic E-state index is 2.34. The van der Waals surface area contributed by atoms with Crippen LogP contribution in [0.15, 0.2) is 70.5 Å². The zero-order valence-electron chi connectivity index (χ0n) is 12.6. The van der Waals surface area contributed by atoms with Crippen LogP contribution >= 0.6 is 23.5 Å². The van der Waals surface area contributed by atoms with Crippen molar-refractivity contribution in [2.24, 2.45) is 0 Å². The van der Waals surface area contributed by atoms with Gasteiger partial charge in [-0.2, -0.15) is 0 Å². The Balaban J connectivity index is 2.12. The molecule has 0 N–H and O–H groups in total. The molecule has 4 aromatic carbocycles. The molecule has 0 fully saturated rings. The highest BCUT2D eigenvalue weighted by Gasteiger charge is 2.06. The number of thioether (sulfide) groups is 2. The second-order valence-corrected chi connectivity index (χ2v) is 7.11. The summed E-state index contributed by atoms with van der Waals surface area (Å²) in [5.74, 6) is 0. The van der Waals surface area contributed by atoms with Crippen molar-refractivity contribution in [3.05, 3.63) is 60.7 Å². The largest absolute Gasteiger partial charge is 0.129 e. The van der Waals surface area contributed by atoms with Gasteiger partial charge in [0.15, 0.2) is 0 Å². The molecule has 0 heterocycles. The first-order chi connectivity index (χ1) is 10.8. The van der Waals surface area contributed by atoms with Crippen molar-refractivity contribution in [3.8, 4) is 0 Å². The lowest BCUT2D eigenvalue weighted by molar-refractivity contribution is 1.55. The third kappa shape index (κ3) is 2.18. The minimum Gasteiger partial charge on any atom is -0.129 e. The lowest BCUT2D eigenvalue weighted by atomic mass is 10.00. The van der Waals surface area contributed by atoms with E-state index in [0.29, 0.717) is 0 Å². The molecule has 0 amide bonds. The van der Waals surface area contributed by atoms with Gasteiger partial charge in [-0.15, -0.1) is 23.5 Å². The molecule has 0 aromatic heterocycles. The smallest absolute Gasteiger partial charge is 0.0148 e. The van der Waals surface area contributed by atoms with Crippen molar-refractivity contribution in [1.82, 2.24) is 0 Å². The van der Waals surface area contributed by atoms with E-state index in [1.807, 2.05) is 23.5 Å². The number of hydrogen-bond donors (Lipinski definition) is 0. The third-order valence-corrected chi connectivity index (χ3v) is 5.79. The average Bonchev–Trinajstić information content (AvgIpc) is 2.57. The zero-order valence-corrected chi connectivity index (χ0v) is 14.2. The van der Waals surface area contributed by atoms with Crippen LogP contribution in [0.3, 0.4) is 0 Å². The normalized spacial score (nSPS) is 11.5. The molecule has 0 saturated heterocycles. The SMILES string of the molecule is CSc1cccc2cc3cc4c(SC)cccc4cc3cc12. The minimum atomic E-state index is 1.32. The number of hydrogen-bond acceptors (Lipinski definition) is 2. The van der Waals surface area contributed by atoms with Crippen LogP contribution in [0, 0.1) is 0 Å². The molecule has 0 unspecified atom stereocenters. The molecule has 0 spiro atoms. The van der Waals surface area contributed by atoms with Crippen molar-refractivity contribution in [2.75, 3.05) is 12.5 Å². The molecule has 0 radical (unpaired) electrons. The van der Waals surface area contributed by atoms with E-state index in [4.69, 9.17) is 0 Å². The molecule has 0 aliphatic carbocycles. The van der Waals surface area contributed by atoms with Crippen molar-refractivity contribution in [1.29, 1.82) is 0 Å². The van der Waals surface area contributed by atoms with Crippen LogP contribution in [-0.2, 0) is 0 Å². The van der Waals surface area contributed by atoms with E-state index in [1.165, 1.54) is 42.1 Å². The number of fused-ring (bicyclic) bond motifs is 3. The minimum absolute atomic E-state index is 1.32. The second-order valence-electron chi connectivity index (χ2n) is 5.41. The quantitative estimate of drug-likeness (QED) is 0.302. The van der Waals surface area contributed by atoms with Crippen LogP contribution in [0.25, 0.3) is 32.3 Å². The average molecular weight is 320 g/mol. The Morgan fingerprint density at radius 1 is 0.545 bits per heavy atom. The maximum absolute atomic E-state index is 2.34. The lowest BCUT2D eigenvalue weighted by Gasteiger charge is -2.09. The van der Waals surface area contributed by atoms with E-state index < -0.39 is 0 Å². The Hall–Kier alpha value is -1.64. The van der Waals surface area contributed by atoms with E-state index >= 15 is 0 Å². The summed E-state index contributed by atoms with van der Waals surface area (Å²) in [5, 5.41) is 7.98. The maximum Gasteiger partial charge on any atom is 0.0148 e. The van der Waals surface area contributed by atoms with Crippen molar-refractivity contribution >= 4 is 55.8 Å². The first-order valence-electron chi connectivity index (χ1n) is 7.27. The van der Waals surface area contributed by atoms with Gasteiger partial charge in [-0.3, -0.25) is 0 Å². The van der Waals surface area contributed by atoms with E-state index in [2.05, 4.69) is 73.2 Å². The highest BCUT2D eigenvalue weighted by atomic mass is 32.2. The van der Waals surface area contributed by atoms with E-state index in [0.717, 1.165) is 0 Å². The molecule has 2 heteroatoms. The van der Waals surface area contributed by atoms with Gasteiger partial charge in [0, 0.05) is 9.79 Å². The van der Waals surface area contributed by atoms with Gasteiger partial charge in [0.25, 0.3) is 0 Å². The van der Waals surface area contributed by atoms with Crippen molar-refractivity contribution in [2.45, 2.75) is 9.79 Å². The first kappa shape index (κ1) is 14.0.